The average molecular weight is 446 g/mol. The van der Waals surface area contributed by atoms with Crippen LogP contribution in [-0.4, -0.2) is 38.2 Å². The lowest BCUT2D eigenvalue weighted by Crippen LogP contribution is -2.14. The van der Waals surface area contributed by atoms with Crippen molar-refractivity contribution in [2.75, 3.05) is 12.4 Å². The van der Waals surface area contributed by atoms with Crippen LogP contribution >= 0.6 is 23.2 Å². The summed E-state index contributed by atoms with van der Waals surface area (Å²) in [7, 11) is 1.50. The van der Waals surface area contributed by atoms with Crippen molar-refractivity contribution in [3.63, 3.8) is 0 Å². The van der Waals surface area contributed by atoms with Crippen LogP contribution in [0.2, 0.25) is 10.0 Å². The minimum Gasteiger partial charge on any atom is -0.507 e. The minimum atomic E-state index is -0.0827. The smallest absolute Gasteiger partial charge is 0.245 e. The van der Waals surface area contributed by atoms with Crippen molar-refractivity contribution in [2.45, 2.75) is 0 Å². The maximum absolute atomic E-state index is 10.4. The molecular formula is C18H13Cl2N7O3. The molecule has 0 saturated heterocycles. The molecule has 4 N–H and O–H groups in total. The van der Waals surface area contributed by atoms with Gasteiger partial charge in [-0.1, -0.05) is 23.2 Å². The molecule has 0 atom stereocenters. The Bertz CT molecular complexity index is 1280. The van der Waals surface area contributed by atoms with Crippen LogP contribution in [0.1, 0.15) is 11.3 Å². The SMILES string of the molecule is COc1ccc(O)c(C(=NN)c2nc3nonc3nc2Nc2ccc(Cl)c(Cl)c2)c1. The maximum atomic E-state index is 10.4. The van der Waals surface area contributed by atoms with E-state index in [0.717, 1.165) is 0 Å². The van der Waals surface area contributed by atoms with Gasteiger partial charge in [-0.3, -0.25) is 0 Å². The molecule has 12 heteroatoms. The second-order valence-corrected chi connectivity index (χ2v) is 6.76. The number of rotatable bonds is 5. The molecule has 0 radical (unpaired) electrons. The number of nitrogens with one attached hydrogen (secondary N) is 1. The van der Waals surface area contributed by atoms with Gasteiger partial charge < -0.3 is 21.0 Å². The summed E-state index contributed by atoms with van der Waals surface area (Å²) < 4.78 is 9.93. The number of methoxy groups -OCH3 is 1. The Morgan fingerprint density at radius 1 is 1.10 bits per heavy atom. The fraction of sp³-hybridized carbons (Fsp3) is 0.0556. The van der Waals surface area contributed by atoms with Crippen molar-refractivity contribution in [1.82, 2.24) is 20.3 Å². The Hall–Kier alpha value is -3.63. The first kappa shape index (κ1) is 19.7. The molecule has 152 valence electrons. The Morgan fingerprint density at radius 2 is 1.87 bits per heavy atom. The number of phenols is 1. The van der Waals surface area contributed by atoms with Gasteiger partial charge >= 0.3 is 0 Å². The summed E-state index contributed by atoms with van der Waals surface area (Å²) in [6, 6.07) is 9.56. The molecule has 2 heterocycles. The van der Waals surface area contributed by atoms with Crippen LogP contribution in [0.5, 0.6) is 11.5 Å². The van der Waals surface area contributed by atoms with Gasteiger partial charge in [-0.15, -0.1) is 0 Å². The molecule has 0 amide bonds. The van der Waals surface area contributed by atoms with Crippen LogP contribution in [0.15, 0.2) is 46.1 Å². The van der Waals surface area contributed by atoms with E-state index in [4.69, 9.17) is 38.4 Å². The number of nitrogens with two attached hydrogens (primary N) is 1. The van der Waals surface area contributed by atoms with Crippen molar-refractivity contribution < 1.29 is 14.5 Å². The van der Waals surface area contributed by atoms with E-state index in [9.17, 15) is 5.11 Å². The van der Waals surface area contributed by atoms with E-state index in [2.05, 4.69) is 30.7 Å². The molecule has 30 heavy (non-hydrogen) atoms. The molecule has 2 aromatic carbocycles. The normalized spacial score (nSPS) is 11.6. The molecule has 0 spiro atoms. The summed E-state index contributed by atoms with van der Waals surface area (Å²) >= 11 is 12.1. The second-order valence-electron chi connectivity index (χ2n) is 5.95. The molecule has 0 fully saturated rings. The highest BCUT2D eigenvalue weighted by Crippen LogP contribution is 2.31. The summed E-state index contributed by atoms with van der Waals surface area (Å²) in [6.45, 7) is 0. The predicted octanol–water partition coefficient (Wildman–Crippen LogP) is 3.49. The largest absolute Gasteiger partial charge is 0.507 e. The lowest BCUT2D eigenvalue weighted by atomic mass is 10.0. The number of nitrogens with zero attached hydrogens (tertiary/aromatic N) is 5. The van der Waals surface area contributed by atoms with Crippen molar-refractivity contribution >= 4 is 51.7 Å². The standard InChI is InChI=1S/C18H13Cl2N7O3/c1-29-9-3-5-13(28)10(7-9)14(25-21)15-16(24-18-17(23-15)26-30-27-18)22-8-2-4-11(19)12(20)6-8/h2-7,28H,21H2,1H3,(H,22,24,27). The minimum absolute atomic E-state index is 0.0827. The molecular weight excluding hydrogens is 433 g/mol. The molecule has 0 aliphatic carbocycles. The number of aromatic hydroxyl groups is 1. The zero-order valence-electron chi connectivity index (χ0n) is 15.3. The van der Waals surface area contributed by atoms with Crippen LogP contribution < -0.4 is 15.9 Å². The zero-order chi connectivity index (χ0) is 21.3. The monoisotopic (exact) mass is 445 g/mol. The fourth-order valence-corrected chi connectivity index (χ4v) is 2.99. The Balaban J connectivity index is 1.88. The van der Waals surface area contributed by atoms with Crippen LogP contribution in [0.4, 0.5) is 11.5 Å². The van der Waals surface area contributed by atoms with Crippen molar-refractivity contribution in [3.05, 3.63) is 57.7 Å². The second kappa shape index (κ2) is 8.01. The molecule has 2 aromatic heterocycles. The fourth-order valence-electron chi connectivity index (χ4n) is 2.69. The lowest BCUT2D eigenvalue weighted by molar-refractivity contribution is 0.314. The number of aromatic nitrogens is 4. The number of hydrogen-bond acceptors (Lipinski definition) is 10. The quantitative estimate of drug-likeness (QED) is 0.238. The number of ether oxygens (including phenoxy) is 1. The van der Waals surface area contributed by atoms with E-state index < -0.39 is 0 Å². The summed E-state index contributed by atoms with van der Waals surface area (Å²) in [5.74, 6) is 6.29. The van der Waals surface area contributed by atoms with E-state index in [1.165, 1.54) is 13.2 Å². The molecule has 0 aliphatic heterocycles. The van der Waals surface area contributed by atoms with Gasteiger partial charge in [0.15, 0.2) is 5.82 Å². The number of halogens is 2. The molecule has 0 aliphatic rings. The molecule has 4 rings (SSSR count). The van der Waals surface area contributed by atoms with Crippen LogP contribution in [0.25, 0.3) is 11.3 Å². The van der Waals surface area contributed by atoms with Gasteiger partial charge in [0.05, 0.1) is 17.2 Å². The first-order valence-corrected chi connectivity index (χ1v) is 9.13. The molecule has 0 unspecified atom stereocenters. The summed E-state index contributed by atoms with van der Waals surface area (Å²) in [5, 5.41) is 25.4. The van der Waals surface area contributed by atoms with Crippen molar-refractivity contribution in [2.24, 2.45) is 10.9 Å². The lowest BCUT2D eigenvalue weighted by Gasteiger charge is -2.13. The van der Waals surface area contributed by atoms with Crippen LogP contribution in [0, 0.1) is 0 Å². The third kappa shape index (κ3) is 3.65. The highest BCUT2D eigenvalue weighted by Gasteiger charge is 2.22. The van der Waals surface area contributed by atoms with Gasteiger partial charge in [-0.25, -0.2) is 14.6 Å². The topological polar surface area (TPSA) is 145 Å². The molecule has 10 nitrogen and oxygen atoms in total. The predicted molar refractivity (Wildman–Crippen MR) is 112 cm³/mol. The number of hydrazone groups is 1. The first-order valence-electron chi connectivity index (χ1n) is 8.38. The van der Waals surface area contributed by atoms with Crippen LogP contribution in [-0.2, 0) is 0 Å². The summed E-state index contributed by atoms with van der Waals surface area (Å²) in [5.41, 5.74) is 1.46. The van der Waals surface area contributed by atoms with Gasteiger partial charge in [-0.2, -0.15) is 5.10 Å². The third-order valence-corrected chi connectivity index (χ3v) is 4.85. The molecule has 0 saturated carbocycles. The number of hydrogen-bond donors (Lipinski definition) is 3. The van der Waals surface area contributed by atoms with E-state index in [0.29, 0.717) is 21.5 Å². The van der Waals surface area contributed by atoms with E-state index in [-0.39, 0.29) is 39.8 Å². The average Bonchev–Trinajstić information content (AvgIpc) is 3.20. The molecule has 0 bridgehead atoms. The number of benzene rings is 2. The van der Waals surface area contributed by atoms with Gasteiger partial charge in [0, 0.05) is 11.3 Å². The van der Waals surface area contributed by atoms with Crippen LogP contribution in [0.3, 0.4) is 0 Å². The zero-order valence-corrected chi connectivity index (χ0v) is 16.8. The third-order valence-electron chi connectivity index (χ3n) is 4.11. The van der Waals surface area contributed by atoms with E-state index in [1.807, 2.05) is 0 Å². The van der Waals surface area contributed by atoms with Gasteiger partial charge in [-0.05, 0) is 46.7 Å². The van der Waals surface area contributed by atoms with Gasteiger partial charge in [0.2, 0.25) is 11.3 Å². The van der Waals surface area contributed by atoms with Gasteiger partial charge in [0.1, 0.15) is 22.9 Å². The summed E-state index contributed by atoms with van der Waals surface area (Å²) in [4.78, 5) is 8.78. The van der Waals surface area contributed by atoms with E-state index >= 15 is 0 Å². The summed E-state index contributed by atoms with van der Waals surface area (Å²) in [6.07, 6.45) is 0. The highest BCUT2D eigenvalue weighted by atomic mass is 35.5. The maximum Gasteiger partial charge on any atom is 0.245 e. The van der Waals surface area contributed by atoms with Gasteiger partial charge in [0.25, 0.3) is 0 Å². The highest BCUT2D eigenvalue weighted by molar-refractivity contribution is 6.42. The Morgan fingerprint density at radius 3 is 2.57 bits per heavy atom. The van der Waals surface area contributed by atoms with E-state index in [1.54, 1.807) is 30.3 Å². The number of phenolic OH excluding ortho intramolecular Hbond substituents is 1. The Labute approximate surface area is 179 Å². The number of anilines is 2. The van der Waals surface area contributed by atoms with Crippen molar-refractivity contribution in [3.8, 4) is 11.5 Å². The molecule has 4 aromatic rings. The Kier molecular flexibility index (Phi) is 5.25. The number of fused-ring (bicyclic) bond motifs is 1. The van der Waals surface area contributed by atoms with Crippen molar-refractivity contribution in [1.29, 1.82) is 0 Å². The first-order chi connectivity index (χ1) is 14.5.